The minimum atomic E-state index is -4.00. The van der Waals surface area contributed by atoms with Crippen molar-refractivity contribution in [3.05, 3.63) is 30.3 Å². The van der Waals surface area contributed by atoms with Gasteiger partial charge in [0.2, 0.25) is 0 Å². The SMILES string of the molecule is O=S(=O)(O)c1ccccc1.[Hg].[NaH]. The molecule has 0 spiro atoms. The normalized spacial score (nSPS) is 9.42. The van der Waals surface area contributed by atoms with E-state index in [0.29, 0.717) is 0 Å². The Morgan fingerprint density at radius 3 is 1.75 bits per heavy atom. The van der Waals surface area contributed by atoms with Gasteiger partial charge in [-0.2, -0.15) is 8.42 Å². The van der Waals surface area contributed by atoms with Crippen LogP contribution in [0.3, 0.4) is 0 Å². The topological polar surface area (TPSA) is 54.4 Å². The quantitative estimate of drug-likeness (QED) is 0.561. The van der Waals surface area contributed by atoms with Crippen LogP contribution in [0.2, 0.25) is 0 Å². The molecule has 0 radical (unpaired) electrons. The van der Waals surface area contributed by atoms with E-state index < -0.39 is 10.1 Å². The second kappa shape index (κ2) is 6.51. The fourth-order valence-corrected chi connectivity index (χ4v) is 1.09. The van der Waals surface area contributed by atoms with E-state index in [1.807, 2.05) is 0 Å². The second-order valence-corrected chi connectivity index (χ2v) is 3.21. The van der Waals surface area contributed by atoms with Gasteiger partial charge in [0.1, 0.15) is 0 Å². The molecule has 0 heterocycles. The number of hydrogen-bond donors (Lipinski definition) is 1. The summed E-state index contributed by atoms with van der Waals surface area (Å²) in [4.78, 5) is -0.0741. The van der Waals surface area contributed by atoms with Crippen LogP contribution in [0, 0.1) is 0 Å². The van der Waals surface area contributed by atoms with Gasteiger partial charge in [-0.05, 0) is 12.1 Å². The minimum absolute atomic E-state index is 0. The summed E-state index contributed by atoms with van der Waals surface area (Å²) >= 11 is 0. The number of rotatable bonds is 1. The first-order chi connectivity index (χ1) is 4.61. The fourth-order valence-electron chi connectivity index (χ4n) is 0.592. The molecule has 0 unspecified atom stereocenters. The summed E-state index contributed by atoms with van der Waals surface area (Å²) < 4.78 is 29.2. The summed E-state index contributed by atoms with van der Waals surface area (Å²) in [5.74, 6) is 0. The van der Waals surface area contributed by atoms with Crippen molar-refractivity contribution >= 4 is 39.7 Å². The van der Waals surface area contributed by atoms with Crippen molar-refractivity contribution in [2.24, 2.45) is 0 Å². The molecular weight excluding hydrogens is 376 g/mol. The van der Waals surface area contributed by atoms with Crippen LogP contribution in [-0.4, -0.2) is 42.5 Å². The molecule has 0 fully saturated rings. The first-order valence-electron chi connectivity index (χ1n) is 2.63. The van der Waals surface area contributed by atoms with Gasteiger partial charge < -0.3 is 0 Å². The average Bonchev–Trinajstić information content (AvgIpc) is 1.88. The van der Waals surface area contributed by atoms with E-state index in [-0.39, 0.29) is 62.1 Å². The van der Waals surface area contributed by atoms with Crippen molar-refractivity contribution in [1.82, 2.24) is 0 Å². The molecule has 1 aromatic carbocycles. The molecule has 0 atom stereocenters. The molecule has 0 bridgehead atoms. The molecule has 0 aliphatic heterocycles. The molecule has 1 aromatic rings. The van der Waals surface area contributed by atoms with Gasteiger partial charge in [0.15, 0.2) is 0 Å². The molecule has 0 saturated carbocycles. The van der Waals surface area contributed by atoms with Crippen molar-refractivity contribution < 1.29 is 40.6 Å². The van der Waals surface area contributed by atoms with Crippen molar-refractivity contribution in [2.75, 3.05) is 0 Å². The third-order valence-electron chi connectivity index (χ3n) is 1.04. The summed E-state index contributed by atoms with van der Waals surface area (Å²) in [6.45, 7) is 0. The maximum atomic E-state index is 10.4. The molecule has 0 amide bonds. The Kier molecular flexibility index (Phi) is 8.43. The van der Waals surface area contributed by atoms with Crippen molar-refractivity contribution in [1.29, 1.82) is 0 Å². The van der Waals surface area contributed by atoms with Crippen LogP contribution in [0.15, 0.2) is 35.2 Å². The Hall–Kier alpha value is 1.07. The van der Waals surface area contributed by atoms with Gasteiger partial charge in [-0.25, -0.2) is 0 Å². The molecule has 0 saturated heterocycles. The van der Waals surface area contributed by atoms with E-state index in [0.717, 1.165) is 0 Å². The summed E-state index contributed by atoms with van der Waals surface area (Å²) in [6, 6.07) is 7.42. The van der Waals surface area contributed by atoms with Gasteiger partial charge in [-0.15, -0.1) is 0 Å². The number of hydrogen-bond acceptors (Lipinski definition) is 2. The summed E-state index contributed by atoms with van der Waals surface area (Å²) in [5.41, 5.74) is 0. The van der Waals surface area contributed by atoms with Gasteiger partial charge in [-0.3, -0.25) is 4.55 Å². The van der Waals surface area contributed by atoms with E-state index in [1.165, 1.54) is 12.1 Å². The summed E-state index contributed by atoms with van der Waals surface area (Å²) in [5, 5.41) is 0. The van der Waals surface area contributed by atoms with Crippen LogP contribution >= 0.6 is 0 Å². The zero-order chi connectivity index (χ0) is 7.61. The Morgan fingerprint density at radius 2 is 1.50 bits per heavy atom. The van der Waals surface area contributed by atoms with E-state index in [2.05, 4.69) is 0 Å². The predicted octanol–water partition coefficient (Wildman–Crippen LogP) is 0.282. The van der Waals surface area contributed by atoms with Crippen molar-refractivity contribution in [3.8, 4) is 0 Å². The zero-order valence-corrected chi connectivity index (χ0v) is 12.1. The molecule has 1 rings (SSSR count). The Balaban J connectivity index is 0. The predicted molar refractivity (Wildman–Crippen MR) is 43.4 cm³/mol. The summed E-state index contributed by atoms with van der Waals surface area (Å²) in [6.07, 6.45) is 0. The van der Waals surface area contributed by atoms with E-state index in [9.17, 15) is 8.42 Å². The van der Waals surface area contributed by atoms with Gasteiger partial charge >= 0.3 is 29.6 Å². The van der Waals surface area contributed by atoms with Crippen LogP contribution in [0.5, 0.6) is 0 Å². The van der Waals surface area contributed by atoms with E-state index in [4.69, 9.17) is 4.55 Å². The second-order valence-electron chi connectivity index (χ2n) is 1.79. The van der Waals surface area contributed by atoms with Crippen molar-refractivity contribution in [2.45, 2.75) is 4.90 Å². The van der Waals surface area contributed by atoms with Crippen LogP contribution < -0.4 is 0 Å². The standard InChI is InChI=1S/C6H6O3S.Hg.Na.H/c7-10(8,9)6-4-2-1-3-5-6;;;/h1-5H,(H,7,8,9);;;. The Morgan fingerprint density at radius 1 is 1.08 bits per heavy atom. The molecule has 0 aliphatic rings. The number of benzene rings is 1. The average molecular weight is 383 g/mol. The van der Waals surface area contributed by atoms with Gasteiger partial charge in [-0.1, -0.05) is 18.2 Å². The third-order valence-corrected chi connectivity index (χ3v) is 1.91. The maximum absolute atomic E-state index is 10.4. The fraction of sp³-hybridized carbons (Fsp3) is 0. The molecule has 0 aromatic heterocycles. The molecule has 58 valence electrons. The van der Waals surface area contributed by atoms with E-state index >= 15 is 0 Å². The Bertz CT molecular complexity index is 311. The van der Waals surface area contributed by atoms with Gasteiger partial charge in [0, 0.05) is 27.7 Å². The van der Waals surface area contributed by atoms with Crippen LogP contribution in [0.1, 0.15) is 0 Å². The van der Waals surface area contributed by atoms with Gasteiger partial charge in [0.25, 0.3) is 10.1 Å². The monoisotopic (exact) mass is 384 g/mol. The first kappa shape index (κ1) is 15.5. The zero-order valence-electron chi connectivity index (χ0n) is 5.77. The molecule has 1 N–H and O–H groups in total. The molecule has 3 nitrogen and oxygen atoms in total. The first-order valence-corrected chi connectivity index (χ1v) is 4.07. The van der Waals surface area contributed by atoms with Crippen LogP contribution in [0.4, 0.5) is 0 Å². The van der Waals surface area contributed by atoms with Gasteiger partial charge in [0.05, 0.1) is 4.90 Å². The molecular formula is C6H7HgNaO3S. The summed E-state index contributed by atoms with van der Waals surface area (Å²) in [7, 11) is -4.00. The van der Waals surface area contributed by atoms with Crippen molar-refractivity contribution in [3.63, 3.8) is 0 Å². The molecule has 6 heteroatoms. The molecule has 12 heavy (non-hydrogen) atoms. The molecule has 0 aliphatic carbocycles. The van der Waals surface area contributed by atoms with Crippen LogP contribution in [-0.2, 0) is 37.8 Å². The Labute approximate surface area is 114 Å². The van der Waals surface area contributed by atoms with E-state index in [1.54, 1.807) is 18.2 Å². The third kappa shape index (κ3) is 4.94. The van der Waals surface area contributed by atoms with Crippen LogP contribution in [0.25, 0.3) is 0 Å².